The van der Waals surface area contributed by atoms with Crippen LogP contribution >= 0.6 is 22.9 Å². The van der Waals surface area contributed by atoms with Gasteiger partial charge in [-0.25, -0.2) is 27.8 Å². The molecule has 0 aliphatic carbocycles. The van der Waals surface area contributed by atoms with Crippen LogP contribution in [0.3, 0.4) is 0 Å². The van der Waals surface area contributed by atoms with Crippen molar-refractivity contribution < 1.29 is 12.8 Å². The molecule has 0 aliphatic heterocycles. The molecule has 1 aromatic carbocycles. The van der Waals surface area contributed by atoms with Crippen LogP contribution in [-0.4, -0.2) is 23.4 Å². The first-order chi connectivity index (χ1) is 13.7. The van der Waals surface area contributed by atoms with Gasteiger partial charge in [0, 0.05) is 22.0 Å². The third-order valence-electron chi connectivity index (χ3n) is 4.09. The first-order valence-electron chi connectivity index (χ1n) is 8.21. The van der Waals surface area contributed by atoms with Gasteiger partial charge in [0.25, 0.3) is 10.0 Å². The number of benzene rings is 1. The molecule has 0 radical (unpaired) electrons. The molecule has 0 spiro atoms. The summed E-state index contributed by atoms with van der Waals surface area (Å²) in [6.07, 6.45) is 1.54. The molecule has 3 heterocycles. The van der Waals surface area contributed by atoms with Gasteiger partial charge in [-0.1, -0.05) is 11.6 Å². The second-order valence-electron chi connectivity index (χ2n) is 6.12. The lowest BCUT2D eigenvalue weighted by atomic mass is 10.2. The van der Waals surface area contributed by atoms with E-state index in [1.807, 2.05) is 13.0 Å². The molecular weight excluding hydrogens is 437 g/mol. The van der Waals surface area contributed by atoms with Gasteiger partial charge in [0.1, 0.15) is 10.6 Å². The summed E-state index contributed by atoms with van der Waals surface area (Å²) in [5.74, 6) is -0.347. The lowest BCUT2D eigenvalue weighted by Gasteiger charge is -2.10. The van der Waals surface area contributed by atoms with Crippen LogP contribution in [0.1, 0.15) is 5.69 Å². The monoisotopic (exact) mass is 449 g/mol. The molecule has 3 N–H and O–H groups in total. The van der Waals surface area contributed by atoms with Crippen LogP contribution in [0.2, 0.25) is 5.15 Å². The van der Waals surface area contributed by atoms with Gasteiger partial charge in [0.2, 0.25) is 5.95 Å². The number of rotatable bonds is 4. The Morgan fingerprint density at radius 1 is 1.17 bits per heavy atom. The molecule has 0 atom stereocenters. The Kier molecular flexibility index (Phi) is 4.85. The average Bonchev–Trinajstić information content (AvgIpc) is 3.08. The van der Waals surface area contributed by atoms with Gasteiger partial charge in [0.05, 0.1) is 16.3 Å². The molecule has 0 saturated carbocycles. The maximum atomic E-state index is 13.1. The summed E-state index contributed by atoms with van der Waals surface area (Å²) in [6.45, 7) is 1.83. The van der Waals surface area contributed by atoms with E-state index in [1.165, 1.54) is 29.7 Å². The van der Waals surface area contributed by atoms with Crippen molar-refractivity contribution in [1.82, 2.24) is 15.0 Å². The van der Waals surface area contributed by atoms with Crippen molar-refractivity contribution in [3.63, 3.8) is 0 Å². The van der Waals surface area contributed by atoms with Gasteiger partial charge in [-0.3, -0.25) is 4.72 Å². The quantitative estimate of drug-likeness (QED) is 0.451. The molecule has 0 saturated heterocycles. The first-order valence-corrected chi connectivity index (χ1v) is 10.9. The van der Waals surface area contributed by atoms with E-state index >= 15 is 0 Å². The van der Waals surface area contributed by atoms with Crippen molar-refractivity contribution in [2.45, 2.75) is 11.8 Å². The number of nitrogens with one attached hydrogen (secondary N) is 1. The summed E-state index contributed by atoms with van der Waals surface area (Å²) in [4.78, 5) is 13.9. The molecule has 4 rings (SSSR count). The number of nitrogens with zero attached hydrogens (tertiary/aromatic N) is 3. The summed E-state index contributed by atoms with van der Waals surface area (Å²) in [5.41, 5.74) is 7.20. The van der Waals surface area contributed by atoms with E-state index < -0.39 is 15.8 Å². The number of sulfonamides is 1. The number of pyridine rings is 1. The zero-order valence-corrected chi connectivity index (χ0v) is 17.2. The number of halogens is 2. The van der Waals surface area contributed by atoms with Crippen molar-refractivity contribution in [3.8, 4) is 10.4 Å². The molecule has 0 amide bonds. The molecule has 7 nitrogen and oxygen atoms in total. The van der Waals surface area contributed by atoms with Crippen molar-refractivity contribution in [2.24, 2.45) is 0 Å². The molecule has 4 aromatic rings. The van der Waals surface area contributed by atoms with Crippen molar-refractivity contribution in [2.75, 3.05) is 10.5 Å². The van der Waals surface area contributed by atoms with E-state index in [0.29, 0.717) is 10.4 Å². The van der Waals surface area contributed by atoms with Crippen LogP contribution in [0.4, 0.5) is 16.0 Å². The van der Waals surface area contributed by atoms with Crippen LogP contribution in [0.5, 0.6) is 0 Å². The minimum atomic E-state index is -3.97. The smallest absolute Gasteiger partial charge is 0.261 e. The third-order valence-corrected chi connectivity index (χ3v) is 6.85. The number of nitrogens with two attached hydrogens (primary N) is 1. The van der Waals surface area contributed by atoms with Gasteiger partial charge in [-0.05, 0) is 43.3 Å². The largest absolute Gasteiger partial charge is 0.368 e. The molecule has 0 unspecified atom stereocenters. The highest BCUT2D eigenvalue weighted by molar-refractivity contribution is 7.92. The predicted molar refractivity (Wildman–Crippen MR) is 112 cm³/mol. The number of aromatic nitrogens is 3. The molecule has 29 heavy (non-hydrogen) atoms. The lowest BCUT2D eigenvalue weighted by Crippen LogP contribution is -2.13. The van der Waals surface area contributed by atoms with Crippen LogP contribution in [0, 0.1) is 12.7 Å². The Labute approximate surface area is 174 Å². The van der Waals surface area contributed by atoms with E-state index in [0.717, 1.165) is 28.1 Å². The third kappa shape index (κ3) is 3.86. The highest BCUT2D eigenvalue weighted by atomic mass is 35.5. The van der Waals surface area contributed by atoms with Gasteiger partial charge < -0.3 is 5.73 Å². The van der Waals surface area contributed by atoms with Crippen molar-refractivity contribution in [1.29, 1.82) is 0 Å². The summed E-state index contributed by atoms with van der Waals surface area (Å²) in [6, 6.07) is 7.93. The van der Waals surface area contributed by atoms with E-state index in [9.17, 15) is 12.8 Å². The lowest BCUT2D eigenvalue weighted by molar-refractivity contribution is 0.599. The first kappa shape index (κ1) is 19.5. The summed E-state index contributed by atoms with van der Waals surface area (Å²) >= 11 is 7.47. The number of aryl methyl sites for hydroxylation is 1. The van der Waals surface area contributed by atoms with Gasteiger partial charge in [-0.2, -0.15) is 0 Å². The summed E-state index contributed by atoms with van der Waals surface area (Å²) < 4.78 is 40.7. The predicted octanol–water partition coefficient (Wildman–Crippen LogP) is 4.24. The highest BCUT2D eigenvalue weighted by Crippen LogP contribution is 2.36. The van der Waals surface area contributed by atoms with Crippen molar-refractivity contribution in [3.05, 3.63) is 59.3 Å². The number of hydrogen-bond acceptors (Lipinski definition) is 7. The van der Waals surface area contributed by atoms with Crippen molar-refractivity contribution >= 4 is 54.8 Å². The SMILES string of the molecule is Cc1nc(N)nc2sc(-c3cnc(Cl)c(NS(=O)(=O)c4ccc(F)cc4)c3)cc12. The van der Waals surface area contributed by atoms with E-state index in [2.05, 4.69) is 19.7 Å². The van der Waals surface area contributed by atoms with E-state index in [1.54, 1.807) is 6.07 Å². The van der Waals surface area contributed by atoms with Gasteiger partial charge in [0.15, 0.2) is 5.15 Å². The molecule has 0 bridgehead atoms. The number of fused-ring (bicyclic) bond motifs is 1. The highest BCUT2D eigenvalue weighted by Gasteiger charge is 2.18. The Morgan fingerprint density at radius 2 is 1.90 bits per heavy atom. The average molecular weight is 450 g/mol. The summed E-state index contributed by atoms with van der Waals surface area (Å²) in [7, 11) is -3.97. The fraction of sp³-hybridized carbons (Fsp3) is 0.0556. The molecule has 0 aliphatic rings. The van der Waals surface area contributed by atoms with Crippen LogP contribution in [0.25, 0.3) is 20.7 Å². The summed E-state index contributed by atoms with van der Waals surface area (Å²) in [5, 5.41) is 0.836. The fourth-order valence-corrected chi connectivity index (χ4v) is 5.03. The minimum Gasteiger partial charge on any atom is -0.368 e. The van der Waals surface area contributed by atoms with Crippen LogP contribution < -0.4 is 10.5 Å². The van der Waals surface area contributed by atoms with Gasteiger partial charge >= 0.3 is 0 Å². The normalized spacial score (nSPS) is 11.7. The van der Waals surface area contributed by atoms with Crippen LogP contribution in [-0.2, 0) is 10.0 Å². The number of hydrogen-bond donors (Lipinski definition) is 2. The molecular formula is C18H13ClFN5O2S2. The van der Waals surface area contributed by atoms with Crippen LogP contribution in [0.15, 0.2) is 47.5 Å². The number of anilines is 2. The van der Waals surface area contributed by atoms with E-state index in [4.69, 9.17) is 17.3 Å². The topological polar surface area (TPSA) is 111 Å². The second-order valence-corrected chi connectivity index (χ2v) is 9.19. The standard InChI is InChI=1S/C18H13ClFN5O2S2/c1-9-13-7-15(28-17(13)24-18(21)23-9)10-6-14(16(19)22-8-10)25-29(26,27)12-4-2-11(20)3-5-12/h2-8,25H,1H3,(H2,21,23,24). The molecule has 11 heteroatoms. The fourth-order valence-electron chi connectivity index (χ4n) is 2.70. The number of nitrogen functional groups attached to an aromatic ring is 1. The van der Waals surface area contributed by atoms with Gasteiger partial charge in [-0.15, -0.1) is 11.3 Å². The molecule has 0 fully saturated rings. The van der Waals surface area contributed by atoms with E-state index in [-0.39, 0.29) is 21.7 Å². The molecule has 148 valence electrons. The zero-order valence-electron chi connectivity index (χ0n) is 14.8. The number of thiophene rings is 1. The Morgan fingerprint density at radius 3 is 2.62 bits per heavy atom. The zero-order chi connectivity index (χ0) is 20.8. The molecule has 3 aromatic heterocycles. The second kappa shape index (κ2) is 7.21. The Hall–Kier alpha value is -2.82. The Balaban J connectivity index is 1.73. The Bertz CT molecular complexity index is 1340. The maximum absolute atomic E-state index is 13.1. The maximum Gasteiger partial charge on any atom is 0.261 e. The minimum absolute atomic E-state index is 0.0132.